The first kappa shape index (κ1) is 15.5. The van der Waals surface area contributed by atoms with Crippen molar-refractivity contribution in [2.75, 3.05) is 18.4 Å². The lowest BCUT2D eigenvalue weighted by Crippen LogP contribution is -2.48. The maximum Gasteiger partial charge on any atom is 0.231 e. The normalized spacial score (nSPS) is 21.6. The highest BCUT2D eigenvalue weighted by Gasteiger charge is 2.38. The highest BCUT2D eigenvalue weighted by Crippen LogP contribution is 2.33. The Morgan fingerprint density at radius 2 is 2.33 bits per heavy atom. The van der Waals surface area contributed by atoms with E-state index >= 15 is 0 Å². The molecule has 0 aliphatic carbocycles. The Morgan fingerprint density at radius 1 is 1.52 bits per heavy atom. The molecular formula is C17H23N3O. The van der Waals surface area contributed by atoms with E-state index < -0.39 is 0 Å². The number of rotatable bonds is 4. The van der Waals surface area contributed by atoms with E-state index in [1.807, 2.05) is 13.0 Å². The number of nitrogens with zero attached hydrogens (tertiary/aromatic N) is 1. The van der Waals surface area contributed by atoms with E-state index in [1.54, 1.807) is 12.1 Å². The second kappa shape index (κ2) is 6.73. The number of piperidine rings is 1. The van der Waals surface area contributed by atoms with Gasteiger partial charge in [-0.15, -0.1) is 0 Å². The second-order valence-corrected chi connectivity index (χ2v) is 5.91. The van der Waals surface area contributed by atoms with Crippen LogP contribution in [0, 0.1) is 23.7 Å². The molecule has 0 radical (unpaired) electrons. The number of nitriles is 1. The van der Waals surface area contributed by atoms with Crippen LogP contribution in [0.2, 0.25) is 0 Å². The molecule has 1 fully saturated rings. The van der Waals surface area contributed by atoms with E-state index in [9.17, 15) is 4.79 Å². The number of hydrogen-bond acceptors (Lipinski definition) is 3. The number of aryl methyl sites for hydroxylation is 1. The number of benzene rings is 1. The SMILES string of the molecule is CCCC1(C(=O)Nc2cc(C#N)ccc2C)CCCNC1. The molecular weight excluding hydrogens is 262 g/mol. The van der Waals surface area contributed by atoms with E-state index in [2.05, 4.69) is 23.6 Å². The smallest absolute Gasteiger partial charge is 0.231 e. The zero-order valence-corrected chi connectivity index (χ0v) is 12.8. The fourth-order valence-electron chi connectivity index (χ4n) is 3.05. The van der Waals surface area contributed by atoms with Crippen LogP contribution < -0.4 is 10.6 Å². The van der Waals surface area contributed by atoms with Crippen molar-refractivity contribution in [1.82, 2.24) is 5.32 Å². The highest BCUT2D eigenvalue weighted by atomic mass is 16.2. The average Bonchev–Trinajstić information content (AvgIpc) is 2.50. The fraction of sp³-hybridized carbons (Fsp3) is 0.529. The molecule has 1 aromatic rings. The molecule has 1 unspecified atom stereocenters. The van der Waals surface area contributed by atoms with Crippen LogP contribution in [-0.2, 0) is 4.79 Å². The van der Waals surface area contributed by atoms with Crippen LogP contribution in [-0.4, -0.2) is 19.0 Å². The lowest BCUT2D eigenvalue weighted by atomic mass is 9.76. The van der Waals surface area contributed by atoms with Gasteiger partial charge < -0.3 is 10.6 Å². The molecule has 1 amide bonds. The molecule has 4 heteroatoms. The van der Waals surface area contributed by atoms with Gasteiger partial charge in [0.1, 0.15) is 0 Å². The molecule has 1 saturated heterocycles. The Labute approximate surface area is 126 Å². The van der Waals surface area contributed by atoms with Gasteiger partial charge in [-0.3, -0.25) is 4.79 Å². The number of carbonyl (C=O) groups excluding carboxylic acids is 1. The van der Waals surface area contributed by atoms with Gasteiger partial charge in [0.25, 0.3) is 0 Å². The van der Waals surface area contributed by atoms with E-state index in [4.69, 9.17) is 5.26 Å². The predicted octanol–water partition coefficient (Wildman–Crippen LogP) is 2.98. The van der Waals surface area contributed by atoms with E-state index in [0.29, 0.717) is 5.56 Å². The molecule has 1 aromatic carbocycles. The minimum atomic E-state index is -0.317. The number of nitrogens with one attached hydrogen (secondary N) is 2. The van der Waals surface area contributed by atoms with Gasteiger partial charge in [-0.25, -0.2) is 0 Å². The zero-order valence-electron chi connectivity index (χ0n) is 12.8. The molecule has 2 rings (SSSR count). The standard InChI is InChI=1S/C17H23N3O/c1-3-7-17(8-4-9-19-12-17)16(21)20-15-10-14(11-18)6-5-13(15)2/h5-6,10,19H,3-4,7-9,12H2,1-2H3,(H,20,21). The quantitative estimate of drug-likeness (QED) is 0.894. The Hall–Kier alpha value is -1.86. The Kier molecular flexibility index (Phi) is 4.98. The maximum absolute atomic E-state index is 12.8. The van der Waals surface area contributed by atoms with Gasteiger partial charge in [0.2, 0.25) is 5.91 Å². The van der Waals surface area contributed by atoms with Gasteiger partial charge in [0.15, 0.2) is 0 Å². The molecule has 0 aromatic heterocycles. The third-order valence-corrected chi connectivity index (χ3v) is 4.30. The van der Waals surface area contributed by atoms with Crippen molar-refractivity contribution in [1.29, 1.82) is 5.26 Å². The van der Waals surface area contributed by atoms with Crippen LogP contribution in [0.5, 0.6) is 0 Å². The van der Waals surface area contributed by atoms with Gasteiger partial charge in [-0.2, -0.15) is 5.26 Å². The van der Waals surface area contributed by atoms with Crippen molar-refractivity contribution >= 4 is 11.6 Å². The van der Waals surface area contributed by atoms with Gasteiger partial charge in [0, 0.05) is 12.2 Å². The summed E-state index contributed by atoms with van der Waals surface area (Å²) in [6.45, 7) is 5.79. The van der Waals surface area contributed by atoms with E-state index in [-0.39, 0.29) is 11.3 Å². The van der Waals surface area contributed by atoms with Gasteiger partial charge in [-0.1, -0.05) is 19.4 Å². The largest absolute Gasteiger partial charge is 0.325 e. The fourth-order valence-corrected chi connectivity index (χ4v) is 3.05. The molecule has 1 atom stereocenters. The van der Waals surface area contributed by atoms with Gasteiger partial charge >= 0.3 is 0 Å². The Bertz CT molecular complexity index is 548. The van der Waals surface area contributed by atoms with Crippen molar-refractivity contribution in [3.8, 4) is 6.07 Å². The predicted molar refractivity (Wildman–Crippen MR) is 84.0 cm³/mol. The van der Waals surface area contributed by atoms with Crippen LogP contribution in [0.25, 0.3) is 0 Å². The summed E-state index contributed by atoms with van der Waals surface area (Å²) in [6, 6.07) is 7.52. The summed E-state index contributed by atoms with van der Waals surface area (Å²) in [5, 5.41) is 15.4. The minimum Gasteiger partial charge on any atom is -0.325 e. The molecule has 2 N–H and O–H groups in total. The van der Waals surface area contributed by atoms with Crippen LogP contribution >= 0.6 is 0 Å². The van der Waals surface area contributed by atoms with Crippen molar-refractivity contribution in [3.05, 3.63) is 29.3 Å². The monoisotopic (exact) mass is 285 g/mol. The first-order valence-electron chi connectivity index (χ1n) is 7.64. The summed E-state index contributed by atoms with van der Waals surface area (Å²) < 4.78 is 0. The average molecular weight is 285 g/mol. The lowest BCUT2D eigenvalue weighted by Gasteiger charge is -2.36. The number of hydrogen-bond donors (Lipinski definition) is 2. The number of anilines is 1. The summed E-state index contributed by atoms with van der Waals surface area (Å²) in [5.41, 5.74) is 1.99. The lowest BCUT2D eigenvalue weighted by molar-refractivity contribution is -0.127. The first-order chi connectivity index (χ1) is 10.1. The summed E-state index contributed by atoms with van der Waals surface area (Å²) in [6.07, 6.45) is 3.84. The third-order valence-electron chi connectivity index (χ3n) is 4.30. The summed E-state index contributed by atoms with van der Waals surface area (Å²) >= 11 is 0. The summed E-state index contributed by atoms with van der Waals surface area (Å²) in [5.74, 6) is 0.0785. The van der Waals surface area contributed by atoms with Crippen LogP contribution in [0.15, 0.2) is 18.2 Å². The van der Waals surface area contributed by atoms with Crippen molar-refractivity contribution in [3.63, 3.8) is 0 Å². The summed E-state index contributed by atoms with van der Waals surface area (Å²) in [4.78, 5) is 12.8. The molecule has 1 heterocycles. The van der Waals surface area contributed by atoms with Gasteiger partial charge in [-0.05, 0) is 50.4 Å². The summed E-state index contributed by atoms with van der Waals surface area (Å²) in [7, 11) is 0. The molecule has 0 bridgehead atoms. The van der Waals surface area contributed by atoms with Gasteiger partial charge in [0.05, 0.1) is 17.0 Å². The molecule has 4 nitrogen and oxygen atoms in total. The van der Waals surface area contributed by atoms with Crippen molar-refractivity contribution in [2.45, 2.75) is 39.5 Å². The molecule has 1 aliphatic rings. The van der Waals surface area contributed by atoms with Crippen molar-refractivity contribution < 1.29 is 4.79 Å². The zero-order chi connectivity index (χ0) is 15.3. The van der Waals surface area contributed by atoms with E-state index in [1.165, 1.54) is 0 Å². The topological polar surface area (TPSA) is 64.9 Å². The second-order valence-electron chi connectivity index (χ2n) is 5.91. The maximum atomic E-state index is 12.8. The van der Waals surface area contributed by atoms with Crippen LogP contribution in [0.1, 0.15) is 43.7 Å². The van der Waals surface area contributed by atoms with E-state index in [0.717, 1.165) is 50.0 Å². The molecule has 0 saturated carbocycles. The first-order valence-corrected chi connectivity index (χ1v) is 7.64. The van der Waals surface area contributed by atoms with Crippen molar-refractivity contribution in [2.24, 2.45) is 5.41 Å². The van der Waals surface area contributed by atoms with Crippen LogP contribution in [0.3, 0.4) is 0 Å². The van der Waals surface area contributed by atoms with Crippen LogP contribution in [0.4, 0.5) is 5.69 Å². The minimum absolute atomic E-state index is 0.0785. The number of amides is 1. The Balaban J connectivity index is 2.21. The molecule has 1 aliphatic heterocycles. The third kappa shape index (κ3) is 3.43. The number of carbonyl (C=O) groups is 1. The highest BCUT2D eigenvalue weighted by molar-refractivity contribution is 5.96. The molecule has 0 spiro atoms. The molecule has 21 heavy (non-hydrogen) atoms. The molecule has 112 valence electrons. The Morgan fingerprint density at radius 3 is 2.95 bits per heavy atom.